The van der Waals surface area contributed by atoms with Crippen LogP contribution >= 0.6 is 0 Å². The monoisotopic (exact) mass is 208 g/mol. The van der Waals surface area contributed by atoms with Crippen LogP contribution in [-0.4, -0.2) is 31.2 Å². The molecule has 1 heterocycles. The Bertz CT molecular complexity index is 301. The molecule has 0 N–H and O–H groups in total. The van der Waals surface area contributed by atoms with Crippen molar-refractivity contribution in [3.05, 3.63) is 24.4 Å². The molecule has 0 aliphatic carbocycles. The summed E-state index contributed by atoms with van der Waals surface area (Å²) < 4.78 is 4.64. The number of pyridine rings is 1. The Morgan fingerprint density at radius 2 is 2.33 bits per heavy atom. The zero-order valence-electron chi connectivity index (χ0n) is 9.14. The van der Waals surface area contributed by atoms with Crippen LogP contribution in [0.2, 0.25) is 0 Å². The van der Waals surface area contributed by atoms with Gasteiger partial charge in [0.1, 0.15) is 12.4 Å². The molecule has 0 atom stereocenters. The van der Waals surface area contributed by atoms with Crippen molar-refractivity contribution in [2.45, 2.75) is 13.3 Å². The third-order valence-corrected chi connectivity index (χ3v) is 2.01. The Balaban J connectivity index is 2.70. The average molecular weight is 208 g/mol. The van der Waals surface area contributed by atoms with Crippen molar-refractivity contribution in [3.63, 3.8) is 0 Å². The molecule has 0 aromatic carbocycles. The van der Waals surface area contributed by atoms with Crippen molar-refractivity contribution in [3.8, 4) is 0 Å². The molecule has 4 heteroatoms. The standard InChI is InChI=1S/C11H16N2O2/c1-3-8-13(9-11(14)15-2)10-6-4-5-7-12-10/h4-7H,3,8-9H2,1-2H3. The summed E-state index contributed by atoms with van der Waals surface area (Å²) in [4.78, 5) is 17.3. The van der Waals surface area contributed by atoms with E-state index in [1.54, 1.807) is 6.20 Å². The molecule has 0 bridgehead atoms. The molecule has 0 aliphatic rings. The quantitative estimate of drug-likeness (QED) is 0.687. The van der Waals surface area contributed by atoms with Gasteiger partial charge in [0.05, 0.1) is 7.11 Å². The lowest BCUT2D eigenvalue weighted by atomic mass is 10.3. The summed E-state index contributed by atoms with van der Waals surface area (Å²) >= 11 is 0. The van der Waals surface area contributed by atoms with Crippen molar-refractivity contribution in [1.29, 1.82) is 0 Å². The second-order valence-corrected chi connectivity index (χ2v) is 3.19. The summed E-state index contributed by atoms with van der Waals surface area (Å²) in [5, 5.41) is 0. The van der Waals surface area contributed by atoms with E-state index in [1.807, 2.05) is 23.1 Å². The van der Waals surface area contributed by atoms with E-state index in [9.17, 15) is 4.79 Å². The van der Waals surface area contributed by atoms with Gasteiger partial charge in [-0.2, -0.15) is 0 Å². The van der Waals surface area contributed by atoms with Crippen LogP contribution in [0.5, 0.6) is 0 Å². The largest absolute Gasteiger partial charge is 0.468 e. The molecule has 1 aromatic heterocycles. The summed E-state index contributed by atoms with van der Waals surface area (Å²) in [6.45, 7) is 3.11. The number of nitrogens with zero attached hydrogens (tertiary/aromatic N) is 2. The van der Waals surface area contributed by atoms with Gasteiger partial charge >= 0.3 is 5.97 Å². The first-order valence-electron chi connectivity index (χ1n) is 5.00. The van der Waals surface area contributed by atoms with Crippen molar-refractivity contribution < 1.29 is 9.53 Å². The summed E-state index contributed by atoms with van der Waals surface area (Å²) in [6, 6.07) is 5.65. The predicted molar refractivity (Wildman–Crippen MR) is 58.8 cm³/mol. The second kappa shape index (κ2) is 6.01. The zero-order valence-corrected chi connectivity index (χ0v) is 9.14. The molecule has 0 unspecified atom stereocenters. The molecule has 1 aromatic rings. The van der Waals surface area contributed by atoms with E-state index in [0.29, 0.717) is 0 Å². The van der Waals surface area contributed by atoms with Gasteiger partial charge in [-0.1, -0.05) is 13.0 Å². The van der Waals surface area contributed by atoms with Gasteiger partial charge in [-0.3, -0.25) is 4.79 Å². The number of anilines is 1. The summed E-state index contributed by atoms with van der Waals surface area (Å²) in [5.41, 5.74) is 0. The molecule has 1 rings (SSSR count). The highest BCUT2D eigenvalue weighted by Crippen LogP contribution is 2.09. The maximum Gasteiger partial charge on any atom is 0.325 e. The molecule has 0 saturated heterocycles. The van der Waals surface area contributed by atoms with E-state index in [1.165, 1.54) is 7.11 Å². The van der Waals surface area contributed by atoms with Crippen LogP contribution in [0.15, 0.2) is 24.4 Å². The number of aromatic nitrogens is 1. The van der Waals surface area contributed by atoms with Crippen LogP contribution in [0.25, 0.3) is 0 Å². The van der Waals surface area contributed by atoms with Gasteiger partial charge in [0.2, 0.25) is 0 Å². The van der Waals surface area contributed by atoms with Crippen LogP contribution in [0.1, 0.15) is 13.3 Å². The zero-order chi connectivity index (χ0) is 11.1. The minimum Gasteiger partial charge on any atom is -0.468 e. The second-order valence-electron chi connectivity index (χ2n) is 3.19. The van der Waals surface area contributed by atoms with Gasteiger partial charge in [-0.05, 0) is 18.6 Å². The molecular formula is C11H16N2O2. The number of hydrogen-bond donors (Lipinski definition) is 0. The van der Waals surface area contributed by atoms with E-state index in [-0.39, 0.29) is 12.5 Å². The third-order valence-electron chi connectivity index (χ3n) is 2.01. The maximum absolute atomic E-state index is 11.2. The lowest BCUT2D eigenvalue weighted by Gasteiger charge is -2.21. The predicted octanol–water partition coefficient (Wildman–Crippen LogP) is 1.47. The maximum atomic E-state index is 11.2. The number of methoxy groups -OCH3 is 1. The number of carbonyl (C=O) groups excluding carboxylic acids is 1. The molecule has 15 heavy (non-hydrogen) atoms. The molecule has 0 saturated carbocycles. The molecule has 82 valence electrons. The van der Waals surface area contributed by atoms with Crippen molar-refractivity contribution in [2.75, 3.05) is 25.1 Å². The van der Waals surface area contributed by atoms with E-state index < -0.39 is 0 Å². The lowest BCUT2D eigenvalue weighted by molar-refractivity contribution is -0.138. The highest BCUT2D eigenvalue weighted by atomic mass is 16.5. The Morgan fingerprint density at radius 1 is 1.53 bits per heavy atom. The first kappa shape index (κ1) is 11.5. The summed E-state index contributed by atoms with van der Waals surface area (Å²) in [6.07, 6.45) is 2.68. The van der Waals surface area contributed by atoms with Gasteiger partial charge in [0, 0.05) is 12.7 Å². The Labute approximate surface area is 89.9 Å². The number of ether oxygens (including phenoxy) is 1. The van der Waals surface area contributed by atoms with Gasteiger partial charge in [-0.15, -0.1) is 0 Å². The first-order valence-corrected chi connectivity index (χ1v) is 5.00. The summed E-state index contributed by atoms with van der Waals surface area (Å²) in [7, 11) is 1.39. The molecule has 0 aliphatic heterocycles. The van der Waals surface area contributed by atoms with Gasteiger partial charge < -0.3 is 9.64 Å². The van der Waals surface area contributed by atoms with Crippen molar-refractivity contribution in [2.24, 2.45) is 0 Å². The molecule has 0 spiro atoms. The molecule has 0 radical (unpaired) electrons. The Hall–Kier alpha value is -1.58. The third kappa shape index (κ3) is 3.58. The van der Waals surface area contributed by atoms with Gasteiger partial charge in [-0.25, -0.2) is 4.98 Å². The number of carbonyl (C=O) groups is 1. The SMILES string of the molecule is CCCN(CC(=O)OC)c1ccccn1. The molecular weight excluding hydrogens is 192 g/mol. The van der Waals surface area contributed by atoms with Crippen molar-refractivity contribution in [1.82, 2.24) is 4.98 Å². The van der Waals surface area contributed by atoms with Crippen LogP contribution < -0.4 is 4.90 Å². The molecule has 0 amide bonds. The van der Waals surface area contributed by atoms with Crippen LogP contribution in [0.4, 0.5) is 5.82 Å². The number of esters is 1. The highest BCUT2D eigenvalue weighted by Gasteiger charge is 2.11. The normalized spacial score (nSPS) is 9.73. The number of rotatable bonds is 5. The Morgan fingerprint density at radius 3 is 2.87 bits per heavy atom. The van der Waals surface area contributed by atoms with E-state index in [4.69, 9.17) is 0 Å². The lowest BCUT2D eigenvalue weighted by Crippen LogP contribution is -2.31. The topological polar surface area (TPSA) is 42.4 Å². The first-order chi connectivity index (χ1) is 7.27. The summed E-state index contributed by atoms with van der Waals surface area (Å²) in [5.74, 6) is 0.568. The fourth-order valence-electron chi connectivity index (χ4n) is 1.31. The fourth-order valence-corrected chi connectivity index (χ4v) is 1.31. The Kier molecular flexibility index (Phi) is 4.60. The van der Waals surface area contributed by atoms with Gasteiger partial charge in [0.25, 0.3) is 0 Å². The molecule has 0 fully saturated rings. The van der Waals surface area contributed by atoms with Crippen LogP contribution in [0, 0.1) is 0 Å². The minimum atomic E-state index is -0.242. The van der Waals surface area contributed by atoms with E-state index in [0.717, 1.165) is 18.8 Å². The smallest absolute Gasteiger partial charge is 0.325 e. The van der Waals surface area contributed by atoms with Crippen molar-refractivity contribution >= 4 is 11.8 Å². The van der Waals surface area contributed by atoms with Crippen LogP contribution in [0.3, 0.4) is 0 Å². The number of hydrogen-bond acceptors (Lipinski definition) is 4. The minimum absolute atomic E-state index is 0.242. The average Bonchev–Trinajstić information content (AvgIpc) is 2.29. The highest BCUT2D eigenvalue weighted by molar-refractivity contribution is 5.75. The van der Waals surface area contributed by atoms with Crippen LogP contribution in [-0.2, 0) is 9.53 Å². The van der Waals surface area contributed by atoms with E-state index in [2.05, 4.69) is 16.6 Å². The fraction of sp³-hybridized carbons (Fsp3) is 0.455. The molecule has 4 nitrogen and oxygen atoms in total. The van der Waals surface area contributed by atoms with Gasteiger partial charge in [0.15, 0.2) is 0 Å². The van der Waals surface area contributed by atoms with E-state index >= 15 is 0 Å².